The molecule has 0 amide bonds. The molecule has 286 valence electrons. The molecule has 1 aromatic carbocycles. The Morgan fingerprint density at radius 1 is 0.685 bits per heavy atom. The van der Waals surface area contributed by atoms with Gasteiger partial charge in [0.2, 0.25) is 0 Å². The van der Waals surface area contributed by atoms with E-state index in [9.17, 15) is 9.59 Å². The number of nitrogens with zero attached hydrogens (tertiary/aromatic N) is 6. The van der Waals surface area contributed by atoms with E-state index in [4.69, 9.17) is 29.4 Å². The highest BCUT2D eigenvalue weighted by Crippen LogP contribution is 2.45. The second-order valence-corrected chi connectivity index (χ2v) is 17.6. The molecule has 2 atom stereocenters. The predicted octanol–water partition coefficient (Wildman–Crippen LogP) is 8.07. The van der Waals surface area contributed by atoms with Crippen molar-refractivity contribution in [3.63, 3.8) is 0 Å². The number of hydrogen-bond donors (Lipinski definition) is 0. The van der Waals surface area contributed by atoms with Crippen molar-refractivity contribution in [2.24, 2.45) is 20.8 Å². The monoisotopic (exact) mass is 732 g/mol. The summed E-state index contributed by atoms with van der Waals surface area (Å²) in [5.74, 6) is 2.03. The lowest BCUT2D eigenvalue weighted by Gasteiger charge is -2.25. The van der Waals surface area contributed by atoms with Gasteiger partial charge in [-0.15, -0.1) is 0 Å². The van der Waals surface area contributed by atoms with Crippen molar-refractivity contribution in [2.45, 2.75) is 119 Å². The number of ether oxygens (including phenoxy) is 2. The Bertz CT molecular complexity index is 1840. The SMILES string of the molecule is CCN=C1C(c2ccc(C3CCN(c4c(COC(=O)CC(C)(C)C)ncc5c4C5)C3=NCC)cc2)CCN1c1c(COC(=O)CC(C)(C)C)ncc2c1C2. The molecule has 7 rings (SSSR count). The molecular formula is C44H56N6O4. The van der Waals surface area contributed by atoms with Crippen molar-refractivity contribution in [3.8, 4) is 0 Å². The summed E-state index contributed by atoms with van der Waals surface area (Å²) in [6, 6.07) is 9.10. The minimum Gasteiger partial charge on any atom is -0.459 e. The van der Waals surface area contributed by atoms with E-state index in [1.807, 2.05) is 53.9 Å². The van der Waals surface area contributed by atoms with Gasteiger partial charge in [0, 0.05) is 63.3 Å². The van der Waals surface area contributed by atoms with Gasteiger partial charge >= 0.3 is 11.9 Å². The molecule has 2 aliphatic carbocycles. The second kappa shape index (κ2) is 14.9. The number of anilines is 2. The van der Waals surface area contributed by atoms with Gasteiger partial charge in [0.1, 0.15) is 36.3 Å². The van der Waals surface area contributed by atoms with E-state index in [0.29, 0.717) is 25.9 Å². The van der Waals surface area contributed by atoms with Gasteiger partial charge in [-0.1, -0.05) is 65.8 Å². The lowest BCUT2D eigenvalue weighted by atomic mass is 9.91. The summed E-state index contributed by atoms with van der Waals surface area (Å²) in [6.07, 6.45) is 8.31. The average molecular weight is 733 g/mol. The van der Waals surface area contributed by atoms with Crippen LogP contribution in [0.25, 0.3) is 0 Å². The van der Waals surface area contributed by atoms with Crippen LogP contribution in [0.4, 0.5) is 11.4 Å². The summed E-state index contributed by atoms with van der Waals surface area (Å²) in [6.45, 7) is 19.8. The van der Waals surface area contributed by atoms with Gasteiger partial charge in [0.15, 0.2) is 0 Å². The first-order chi connectivity index (χ1) is 25.7. The van der Waals surface area contributed by atoms with E-state index in [2.05, 4.69) is 47.9 Å². The summed E-state index contributed by atoms with van der Waals surface area (Å²) >= 11 is 0. The maximum atomic E-state index is 12.6. The molecule has 0 radical (unpaired) electrons. The zero-order valence-corrected chi connectivity index (χ0v) is 33.4. The summed E-state index contributed by atoms with van der Waals surface area (Å²) in [7, 11) is 0. The number of rotatable bonds is 12. The highest BCUT2D eigenvalue weighted by atomic mass is 16.5. The zero-order valence-electron chi connectivity index (χ0n) is 33.4. The van der Waals surface area contributed by atoms with Gasteiger partial charge in [-0.25, -0.2) is 0 Å². The Labute approximate surface area is 320 Å². The highest BCUT2D eigenvalue weighted by Gasteiger charge is 2.40. The smallest absolute Gasteiger partial charge is 0.306 e. The average Bonchev–Trinajstić information content (AvgIpc) is 3.99. The number of esters is 2. The van der Waals surface area contributed by atoms with E-state index in [0.717, 1.165) is 73.2 Å². The minimum absolute atomic E-state index is 0.135. The quantitative estimate of drug-likeness (QED) is 0.119. The number of benzene rings is 1. The number of aromatic nitrogens is 2. The molecule has 10 heteroatoms. The molecule has 2 aliphatic heterocycles. The molecule has 4 aliphatic rings. The molecule has 2 fully saturated rings. The summed E-state index contributed by atoms with van der Waals surface area (Å²) in [4.78, 5) is 49.7. The first-order valence-electron chi connectivity index (χ1n) is 19.8. The number of carbonyl (C=O) groups excluding carboxylic acids is 2. The van der Waals surface area contributed by atoms with Gasteiger partial charge in [-0.05, 0) is 70.9 Å². The van der Waals surface area contributed by atoms with Crippen molar-refractivity contribution in [1.82, 2.24) is 9.97 Å². The van der Waals surface area contributed by atoms with Gasteiger partial charge in [-0.3, -0.25) is 29.5 Å². The molecule has 3 aromatic rings. The van der Waals surface area contributed by atoms with Gasteiger partial charge in [0.05, 0.1) is 24.2 Å². The largest absolute Gasteiger partial charge is 0.459 e. The molecule has 2 unspecified atom stereocenters. The maximum absolute atomic E-state index is 12.6. The lowest BCUT2D eigenvalue weighted by molar-refractivity contribution is -0.148. The highest BCUT2D eigenvalue weighted by molar-refractivity contribution is 6.07. The standard InChI is InChI=1S/C44H56N6O4/c1-9-45-41-31(15-17-49(41)39-33-19-29(33)23-47-35(39)25-53-37(51)21-43(3,4)5)27-11-13-28(14-12-27)32-16-18-50(42(32)46-10-2)40-34-20-30(34)24-48-36(40)26-54-38(52)22-44(6,7)8/h11-14,23-24,31-32H,9-10,15-22,25-26H2,1-8H3. The lowest BCUT2D eigenvalue weighted by Crippen LogP contribution is -2.29. The normalized spacial score (nSPS) is 20.4. The van der Waals surface area contributed by atoms with Gasteiger partial charge in [0.25, 0.3) is 0 Å². The number of aliphatic imine (C=N–C) groups is 2. The van der Waals surface area contributed by atoms with Crippen LogP contribution in [-0.2, 0) is 45.1 Å². The van der Waals surface area contributed by atoms with E-state index in [1.54, 1.807) is 0 Å². The molecule has 2 saturated heterocycles. The number of hydrogen-bond acceptors (Lipinski definition) is 8. The topological polar surface area (TPSA) is 110 Å². The van der Waals surface area contributed by atoms with Gasteiger partial charge in [-0.2, -0.15) is 0 Å². The third kappa shape index (κ3) is 8.22. The predicted molar refractivity (Wildman–Crippen MR) is 214 cm³/mol. The summed E-state index contributed by atoms with van der Waals surface area (Å²) in [5.41, 5.74) is 11.1. The van der Waals surface area contributed by atoms with Crippen LogP contribution in [0.5, 0.6) is 0 Å². The molecule has 10 nitrogen and oxygen atoms in total. The Morgan fingerprint density at radius 2 is 1.07 bits per heavy atom. The van der Waals surface area contributed by atoms with E-state index in [-0.39, 0.29) is 47.8 Å². The van der Waals surface area contributed by atoms with Crippen molar-refractivity contribution in [2.75, 3.05) is 36.0 Å². The molecule has 2 aromatic heterocycles. The zero-order chi connectivity index (χ0) is 38.4. The molecule has 4 heterocycles. The number of pyridine rings is 2. The maximum Gasteiger partial charge on any atom is 0.306 e. The van der Waals surface area contributed by atoms with Crippen LogP contribution in [0.3, 0.4) is 0 Å². The van der Waals surface area contributed by atoms with Crippen LogP contribution in [-0.4, -0.2) is 59.8 Å². The Kier molecular flexibility index (Phi) is 10.4. The Hall–Kier alpha value is -4.60. The third-order valence-electron chi connectivity index (χ3n) is 10.6. The first kappa shape index (κ1) is 37.7. The van der Waals surface area contributed by atoms with Crippen molar-refractivity contribution >= 4 is 35.0 Å². The van der Waals surface area contributed by atoms with Crippen LogP contribution < -0.4 is 9.80 Å². The molecule has 54 heavy (non-hydrogen) atoms. The van der Waals surface area contributed by atoms with Crippen LogP contribution in [0.2, 0.25) is 0 Å². The Morgan fingerprint density at radius 3 is 1.43 bits per heavy atom. The number of carbonyl (C=O) groups is 2. The van der Waals surface area contributed by atoms with E-state index < -0.39 is 0 Å². The summed E-state index contributed by atoms with van der Waals surface area (Å²) in [5, 5.41) is 0. The summed E-state index contributed by atoms with van der Waals surface area (Å²) < 4.78 is 11.5. The molecule has 0 N–H and O–H groups in total. The second-order valence-electron chi connectivity index (χ2n) is 17.6. The molecule has 0 bridgehead atoms. The van der Waals surface area contributed by atoms with Crippen LogP contribution in [0, 0.1) is 10.8 Å². The molecule has 0 saturated carbocycles. The minimum atomic E-state index is -0.199. The van der Waals surface area contributed by atoms with Crippen LogP contribution >= 0.6 is 0 Å². The number of amidine groups is 2. The fourth-order valence-electron chi connectivity index (χ4n) is 8.05. The molecular weight excluding hydrogens is 677 g/mol. The van der Waals surface area contributed by atoms with E-state index >= 15 is 0 Å². The van der Waals surface area contributed by atoms with Crippen molar-refractivity contribution in [3.05, 3.63) is 81.4 Å². The fraction of sp³-hybridized carbons (Fsp3) is 0.545. The van der Waals surface area contributed by atoms with E-state index in [1.165, 1.54) is 33.4 Å². The van der Waals surface area contributed by atoms with Crippen LogP contribution in [0.15, 0.2) is 46.6 Å². The fourth-order valence-corrected chi connectivity index (χ4v) is 8.05. The van der Waals surface area contributed by atoms with Gasteiger partial charge < -0.3 is 19.3 Å². The first-order valence-corrected chi connectivity index (χ1v) is 19.8. The van der Waals surface area contributed by atoms with Crippen LogP contribution in [0.1, 0.15) is 138 Å². The van der Waals surface area contributed by atoms with Crippen molar-refractivity contribution < 1.29 is 19.1 Å². The number of fused-ring (bicyclic) bond motifs is 2. The van der Waals surface area contributed by atoms with Crippen molar-refractivity contribution in [1.29, 1.82) is 0 Å². The molecule has 0 spiro atoms. The third-order valence-corrected chi connectivity index (χ3v) is 10.6. The Balaban J connectivity index is 1.08.